The van der Waals surface area contributed by atoms with Crippen LogP contribution in [0.2, 0.25) is 0 Å². The molecule has 4 N–H and O–H groups in total. The standard InChI is InChI=1S/C27H38F3NO5S/c1-3-26-14-13-17-15-19(31-37(34,35)36)9-10-20(17)24(26)18(16-25(2)21(26)11-12-22(25)32)7-5-4-6-8-23(33)27(28,29)30/h3,9-10,15,18,21-24,31-33H,1,4-8,11-14,16H2,2H3,(H,34,35,36)/t18-,21+,22-,23?,24+,25-,26-/m0/s1. The van der Waals surface area contributed by atoms with Crippen LogP contribution in [0.25, 0.3) is 0 Å². The van der Waals surface area contributed by atoms with Crippen LogP contribution in [0.1, 0.15) is 81.8 Å². The van der Waals surface area contributed by atoms with E-state index < -0.39 is 28.7 Å². The lowest BCUT2D eigenvalue weighted by Crippen LogP contribution is -2.54. The summed E-state index contributed by atoms with van der Waals surface area (Å²) in [7, 11) is -4.40. The van der Waals surface area contributed by atoms with Crippen LogP contribution in [0.3, 0.4) is 0 Å². The van der Waals surface area contributed by atoms with Crippen molar-refractivity contribution < 1.29 is 36.4 Å². The minimum absolute atomic E-state index is 0.0951. The number of unbranched alkanes of at least 4 members (excludes halogenated alkanes) is 2. The number of rotatable bonds is 9. The molecule has 0 aliphatic heterocycles. The van der Waals surface area contributed by atoms with Crippen molar-refractivity contribution in [3.05, 3.63) is 42.0 Å². The molecule has 6 nitrogen and oxygen atoms in total. The highest BCUT2D eigenvalue weighted by Gasteiger charge is 2.63. The number of fused-ring (bicyclic) bond motifs is 5. The summed E-state index contributed by atoms with van der Waals surface area (Å²) in [6, 6.07) is 5.34. The normalized spacial score (nSPS) is 34.2. The highest BCUT2D eigenvalue weighted by molar-refractivity contribution is 7.87. The minimum atomic E-state index is -4.59. The molecule has 2 fully saturated rings. The Labute approximate surface area is 217 Å². The summed E-state index contributed by atoms with van der Waals surface area (Å²) in [5.41, 5.74) is 1.91. The first kappa shape index (κ1) is 28.4. The van der Waals surface area contributed by atoms with Crippen molar-refractivity contribution in [3.8, 4) is 0 Å². The maximum absolute atomic E-state index is 12.6. The zero-order valence-corrected chi connectivity index (χ0v) is 22.0. The van der Waals surface area contributed by atoms with Crippen LogP contribution >= 0.6 is 0 Å². The van der Waals surface area contributed by atoms with Gasteiger partial charge in [0.15, 0.2) is 0 Å². The molecule has 1 unspecified atom stereocenters. The van der Waals surface area contributed by atoms with Crippen molar-refractivity contribution in [1.82, 2.24) is 0 Å². The smallest absolute Gasteiger partial charge is 0.393 e. The molecule has 37 heavy (non-hydrogen) atoms. The van der Waals surface area contributed by atoms with Gasteiger partial charge in [0.1, 0.15) is 6.10 Å². The van der Waals surface area contributed by atoms with Gasteiger partial charge >= 0.3 is 16.5 Å². The molecule has 7 atom stereocenters. The molecular formula is C27H38F3NO5S. The zero-order valence-electron chi connectivity index (χ0n) is 21.2. The average Bonchev–Trinajstić information content (AvgIpc) is 3.10. The molecule has 2 saturated carbocycles. The number of aliphatic hydroxyl groups excluding tert-OH is 2. The molecule has 3 aliphatic carbocycles. The first-order chi connectivity index (χ1) is 17.2. The lowest BCUT2D eigenvalue weighted by atomic mass is 9.44. The lowest BCUT2D eigenvalue weighted by Gasteiger charge is -2.60. The number of nitrogens with one attached hydrogen (secondary N) is 1. The van der Waals surface area contributed by atoms with Crippen molar-refractivity contribution in [2.45, 2.75) is 95.4 Å². The Morgan fingerprint density at radius 3 is 2.62 bits per heavy atom. The Bertz CT molecular complexity index is 1110. The molecule has 208 valence electrons. The Kier molecular flexibility index (Phi) is 7.80. The van der Waals surface area contributed by atoms with Gasteiger partial charge in [0.2, 0.25) is 0 Å². The quantitative estimate of drug-likeness (QED) is 0.179. The lowest BCUT2D eigenvalue weighted by molar-refractivity contribution is -0.205. The average molecular weight is 546 g/mol. The molecule has 4 rings (SSSR count). The van der Waals surface area contributed by atoms with Gasteiger partial charge in [-0.15, -0.1) is 6.58 Å². The topological polar surface area (TPSA) is 107 Å². The molecule has 1 aromatic rings. The molecule has 0 aromatic heterocycles. The minimum Gasteiger partial charge on any atom is -0.393 e. The Morgan fingerprint density at radius 1 is 1.24 bits per heavy atom. The van der Waals surface area contributed by atoms with Crippen LogP contribution in [0.15, 0.2) is 30.9 Å². The van der Waals surface area contributed by atoms with E-state index in [2.05, 4.69) is 24.3 Å². The highest BCUT2D eigenvalue weighted by atomic mass is 32.2. The van der Waals surface area contributed by atoms with Gasteiger partial charge in [0.05, 0.1) is 11.8 Å². The Morgan fingerprint density at radius 2 is 1.97 bits per heavy atom. The molecule has 0 heterocycles. The van der Waals surface area contributed by atoms with E-state index in [4.69, 9.17) is 0 Å². The number of allylic oxidation sites excluding steroid dienone is 1. The maximum atomic E-state index is 12.6. The van der Waals surface area contributed by atoms with Gasteiger partial charge in [0.25, 0.3) is 0 Å². The fourth-order valence-electron chi connectivity index (χ4n) is 8.00. The van der Waals surface area contributed by atoms with Crippen LogP contribution in [-0.2, 0) is 16.7 Å². The van der Waals surface area contributed by atoms with Gasteiger partial charge < -0.3 is 10.2 Å². The largest absolute Gasteiger partial charge is 0.414 e. The molecule has 0 saturated heterocycles. The van der Waals surface area contributed by atoms with E-state index in [0.717, 1.165) is 43.2 Å². The van der Waals surface area contributed by atoms with Gasteiger partial charge in [-0.2, -0.15) is 21.6 Å². The number of anilines is 1. The third kappa shape index (κ3) is 5.44. The van der Waals surface area contributed by atoms with Gasteiger partial charge in [-0.05, 0) is 96.8 Å². The van der Waals surface area contributed by atoms with E-state index in [0.29, 0.717) is 24.9 Å². The maximum Gasteiger partial charge on any atom is 0.414 e. The van der Waals surface area contributed by atoms with E-state index >= 15 is 0 Å². The SMILES string of the molecule is C=C[C@@]12CCc3cc(NS(=O)(=O)O)ccc3[C@H]1[C@@H](CCCCCC(O)C(F)(F)F)C[C@@]1(C)[C@H]2CC[C@@H]1O. The van der Waals surface area contributed by atoms with E-state index in [1.165, 1.54) is 0 Å². The van der Waals surface area contributed by atoms with Crippen molar-refractivity contribution in [2.24, 2.45) is 22.7 Å². The first-order valence-electron chi connectivity index (χ1n) is 13.2. The van der Waals surface area contributed by atoms with Crippen LogP contribution in [0.4, 0.5) is 18.9 Å². The van der Waals surface area contributed by atoms with Gasteiger partial charge in [-0.1, -0.05) is 38.3 Å². The Balaban J connectivity index is 1.61. The van der Waals surface area contributed by atoms with E-state index in [-0.39, 0.29) is 41.4 Å². The monoisotopic (exact) mass is 545 g/mol. The van der Waals surface area contributed by atoms with Crippen molar-refractivity contribution >= 4 is 16.0 Å². The number of hydrogen-bond donors (Lipinski definition) is 4. The fourth-order valence-corrected chi connectivity index (χ4v) is 8.43. The molecule has 0 amide bonds. The van der Waals surface area contributed by atoms with Crippen molar-refractivity contribution in [2.75, 3.05) is 4.72 Å². The van der Waals surface area contributed by atoms with Gasteiger partial charge in [-0.25, -0.2) is 0 Å². The summed E-state index contributed by atoms with van der Waals surface area (Å²) in [6.07, 6.45) is 0.773. The molecule has 3 aliphatic rings. The first-order valence-corrected chi connectivity index (χ1v) is 14.6. The third-order valence-corrected chi connectivity index (χ3v) is 10.0. The molecule has 0 radical (unpaired) electrons. The summed E-state index contributed by atoms with van der Waals surface area (Å²) in [4.78, 5) is 0. The van der Waals surface area contributed by atoms with E-state index in [1.54, 1.807) is 12.1 Å². The van der Waals surface area contributed by atoms with Crippen LogP contribution < -0.4 is 4.72 Å². The number of hydrogen-bond acceptors (Lipinski definition) is 4. The van der Waals surface area contributed by atoms with E-state index in [1.807, 2.05) is 6.07 Å². The van der Waals surface area contributed by atoms with Gasteiger partial charge in [-0.3, -0.25) is 9.27 Å². The second-order valence-corrected chi connectivity index (χ2v) is 12.8. The second-order valence-electron chi connectivity index (χ2n) is 11.6. The molecule has 1 aromatic carbocycles. The third-order valence-electron chi connectivity index (χ3n) is 9.55. The van der Waals surface area contributed by atoms with Crippen LogP contribution in [0.5, 0.6) is 0 Å². The van der Waals surface area contributed by atoms with Crippen LogP contribution in [0, 0.1) is 22.7 Å². The summed E-state index contributed by atoms with van der Waals surface area (Å²) in [5, 5.41) is 20.3. The summed E-state index contributed by atoms with van der Waals surface area (Å²) >= 11 is 0. The summed E-state index contributed by atoms with van der Waals surface area (Å²) < 4.78 is 71.9. The number of halogens is 3. The van der Waals surface area contributed by atoms with Gasteiger partial charge in [0, 0.05) is 0 Å². The number of alkyl halides is 3. The molecule has 0 spiro atoms. The molecular weight excluding hydrogens is 507 g/mol. The number of benzene rings is 1. The van der Waals surface area contributed by atoms with E-state index in [9.17, 15) is 36.4 Å². The molecule has 0 bridgehead atoms. The number of aliphatic hydroxyl groups is 2. The second kappa shape index (κ2) is 10.2. The summed E-state index contributed by atoms with van der Waals surface area (Å²) in [6.45, 7) is 6.43. The Hall–Kier alpha value is -1.62. The number of aryl methyl sites for hydroxylation is 1. The molecule has 10 heteroatoms. The van der Waals surface area contributed by atoms with Crippen molar-refractivity contribution in [3.63, 3.8) is 0 Å². The fraction of sp³-hybridized carbons (Fsp3) is 0.704. The highest BCUT2D eigenvalue weighted by Crippen LogP contribution is 2.69. The predicted octanol–water partition coefficient (Wildman–Crippen LogP) is 5.77. The zero-order chi connectivity index (χ0) is 27.2. The summed E-state index contributed by atoms with van der Waals surface area (Å²) in [5.74, 6) is 0.510. The predicted molar refractivity (Wildman–Crippen MR) is 135 cm³/mol. The van der Waals surface area contributed by atoms with Crippen molar-refractivity contribution in [1.29, 1.82) is 0 Å². The van der Waals surface area contributed by atoms with Crippen LogP contribution in [-0.4, -0.2) is 41.6 Å².